The number of halogens is 2. The normalized spacial score (nSPS) is 18.9. The summed E-state index contributed by atoms with van der Waals surface area (Å²) >= 11 is 6.31. The van der Waals surface area contributed by atoms with Gasteiger partial charge in [-0.1, -0.05) is 18.5 Å². The summed E-state index contributed by atoms with van der Waals surface area (Å²) in [4.78, 5) is 0. The summed E-state index contributed by atoms with van der Waals surface area (Å²) in [5.74, 6) is 0.101. The maximum Gasteiger partial charge on any atom is 0.131 e. The molecule has 102 valence electrons. The summed E-state index contributed by atoms with van der Waals surface area (Å²) in [7, 11) is 0. The molecule has 3 nitrogen and oxygen atoms in total. The van der Waals surface area contributed by atoms with Gasteiger partial charge in [-0.3, -0.25) is 4.68 Å². The summed E-state index contributed by atoms with van der Waals surface area (Å²) in [5, 5.41) is 5.04. The maximum absolute atomic E-state index is 14.8. The second-order valence-corrected chi connectivity index (χ2v) is 5.44. The lowest BCUT2D eigenvalue weighted by molar-refractivity contribution is 0.139. The molecule has 0 radical (unpaired) electrons. The maximum atomic E-state index is 14.8. The van der Waals surface area contributed by atoms with E-state index in [-0.39, 0.29) is 18.9 Å². The molecule has 1 fully saturated rings. The number of nitrogens with zero attached hydrogens (tertiary/aromatic N) is 2. The van der Waals surface area contributed by atoms with Gasteiger partial charge in [0.25, 0.3) is 0 Å². The van der Waals surface area contributed by atoms with Gasteiger partial charge in [-0.25, -0.2) is 4.39 Å². The fourth-order valence-electron chi connectivity index (χ4n) is 2.45. The molecule has 2 rings (SSSR count). The van der Waals surface area contributed by atoms with Crippen molar-refractivity contribution in [3.63, 3.8) is 0 Å². The van der Waals surface area contributed by atoms with Crippen molar-refractivity contribution >= 4 is 11.6 Å². The van der Waals surface area contributed by atoms with Gasteiger partial charge in [-0.05, 0) is 32.1 Å². The second-order valence-electron chi connectivity index (χ2n) is 5.07. The van der Waals surface area contributed by atoms with E-state index < -0.39 is 5.67 Å². The SMILES string of the molecule is CCc1nn(CC)c(CC(F)(CN)C2CC2)c1Cl. The van der Waals surface area contributed by atoms with Crippen LogP contribution in [0, 0.1) is 5.92 Å². The van der Waals surface area contributed by atoms with Crippen LogP contribution < -0.4 is 5.73 Å². The minimum absolute atomic E-state index is 0.0599. The van der Waals surface area contributed by atoms with Gasteiger partial charge in [-0.2, -0.15) is 5.10 Å². The highest BCUT2D eigenvalue weighted by Gasteiger charge is 2.45. The first kappa shape index (κ1) is 13.8. The number of hydrogen-bond acceptors (Lipinski definition) is 2. The van der Waals surface area contributed by atoms with Crippen LogP contribution in [-0.2, 0) is 19.4 Å². The molecule has 18 heavy (non-hydrogen) atoms. The minimum atomic E-state index is -1.32. The molecule has 1 saturated carbocycles. The van der Waals surface area contributed by atoms with Crippen molar-refractivity contribution in [1.29, 1.82) is 0 Å². The highest BCUT2D eigenvalue weighted by atomic mass is 35.5. The largest absolute Gasteiger partial charge is 0.328 e. The summed E-state index contributed by atoms with van der Waals surface area (Å²) in [5.41, 5.74) is 5.96. The van der Waals surface area contributed by atoms with Crippen LogP contribution in [0.25, 0.3) is 0 Å². The van der Waals surface area contributed by atoms with Crippen molar-refractivity contribution in [3.05, 3.63) is 16.4 Å². The smallest absolute Gasteiger partial charge is 0.131 e. The third-order valence-electron chi connectivity index (χ3n) is 3.80. The number of nitrogens with two attached hydrogens (primary N) is 1. The lowest BCUT2D eigenvalue weighted by Gasteiger charge is -2.23. The summed E-state index contributed by atoms with van der Waals surface area (Å²) in [6.07, 6.45) is 2.93. The molecule has 1 heterocycles. The zero-order chi connectivity index (χ0) is 13.3. The molecular weight excluding hydrogens is 253 g/mol. The molecule has 1 aromatic heterocycles. The highest BCUT2D eigenvalue weighted by molar-refractivity contribution is 6.31. The predicted octanol–water partition coefficient (Wildman–Crippen LogP) is 2.74. The molecule has 1 atom stereocenters. The first-order valence-electron chi connectivity index (χ1n) is 6.68. The molecule has 1 aromatic rings. The molecule has 1 unspecified atom stereocenters. The van der Waals surface area contributed by atoms with Gasteiger partial charge in [-0.15, -0.1) is 0 Å². The predicted molar refractivity (Wildman–Crippen MR) is 71.6 cm³/mol. The Morgan fingerprint density at radius 3 is 2.61 bits per heavy atom. The molecule has 5 heteroatoms. The van der Waals surface area contributed by atoms with Crippen molar-refractivity contribution < 1.29 is 4.39 Å². The Hall–Kier alpha value is -0.610. The molecule has 1 aliphatic carbocycles. The van der Waals surface area contributed by atoms with E-state index in [2.05, 4.69) is 5.10 Å². The van der Waals surface area contributed by atoms with E-state index in [1.807, 2.05) is 18.5 Å². The van der Waals surface area contributed by atoms with E-state index in [0.29, 0.717) is 11.6 Å². The average molecular weight is 274 g/mol. The molecule has 0 amide bonds. The molecule has 0 bridgehead atoms. The number of alkyl halides is 1. The molecule has 0 aliphatic heterocycles. The Kier molecular flexibility index (Phi) is 3.97. The second kappa shape index (κ2) is 5.17. The third kappa shape index (κ3) is 2.41. The van der Waals surface area contributed by atoms with Gasteiger partial charge >= 0.3 is 0 Å². The lowest BCUT2D eigenvalue weighted by Crippen LogP contribution is -2.38. The molecule has 0 aromatic carbocycles. The molecule has 0 saturated heterocycles. The van der Waals surface area contributed by atoms with Crippen molar-refractivity contribution in [3.8, 4) is 0 Å². The first-order valence-corrected chi connectivity index (χ1v) is 7.06. The zero-order valence-corrected chi connectivity index (χ0v) is 11.8. The highest BCUT2D eigenvalue weighted by Crippen LogP contribution is 2.44. The molecule has 2 N–H and O–H groups in total. The number of aryl methyl sites for hydroxylation is 2. The van der Waals surface area contributed by atoms with Crippen LogP contribution in [0.1, 0.15) is 38.1 Å². The topological polar surface area (TPSA) is 43.8 Å². The molecular formula is C13H21ClFN3. The molecule has 1 aliphatic rings. The van der Waals surface area contributed by atoms with E-state index in [9.17, 15) is 4.39 Å². The Labute approximate surface area is 112 Å². The van der Waals surface area contributed by atoms with Crippen LogP contribution >= 0.6 is 11.6 Å². The van der Waals surface area contributed by atoms with Crippen LogP contribution in [0.15, 0.2) is 0 Å². The number of hydrogen-bond donors (Lipinski definition) is 1. The zero-order valence-electron chi connectivity index (χ0n) is 11.0. The third-order valence-corrected chi connectivity index (χ3v) is 4.24. The van der Waals surface area contributed by atoms with Crippen molar-refractivity contribution in [1.82, 2.24) is 9.78 Å². The van der Waals surface area contributed by atoms with Crippen molar-refractivity contribution in [2.75, 3.05) is 6.54 Å². The minimum Gasteiger partial charge on any atom is -0.328 e. The van der Waals surface area contributed by atoms with E-state index in [1.165, 1.54) is 0 Å². The fraction of sp³-hybridized carbons (Fsp3) is 0.769. The van der Waals surface area contributed by atoms with Gasteiger partial charge in [0.1, 0.15) is 5.67 Å². The van der Waals surface area contributed by atoms with Crippen molar-refractivity contribution in [2.45, 2.75) is 51.7 Å². The van der Waals surface area contributed by atoms with Gasteiger partial charge in [0.15, 0.2) is 0 Å². The van der Waals surface area contributed by atoms with Crippen LogP contribution in [-0.4, -0.2) is 22.0 Å². The Bertz CT molecular complexity index is 428. The van der Waals surface area contributed by atoms with Crippen LogP contribution in [0.5, 0.6) is 0 Å². The van der Waals surface area contributed by atoms with Crippen LogP contribution in [0.3, 0.4) is 0 Å². The van der Waals surface area contributed by atoms with Gasteiger partial charge < -0.3 is 5.73 Å². The monoisotopic (exact) mass is 273 g/mol. The quantitative estimate of drug-likeness (QED) is 0.866. The molecule has 0 spiro atoms. The average Bonchev–Trinajstić information content (AvgIpc) is 3.18. The summed E-state index contributed by atoms with van der Waals surface area (Å²) in [6.45, 7) is 4.76. The van der Waals surface area contributed by atoms with Crippen molar-refractivity contribution in [2.24, 2.45) is 11.7 Å². The summed E-state index contributed by atoms with van der Waals surface area (Å²) < 4.78 is 16.6. The number of rotatable bonds is 6. The summed E-state index contributed by atoms with van der Waals surface area (Å²) in [6, 6.07) is 0. The van der Waals surface area contributed by atoms with E-state index in [4.69, 9.17) is 17.3 Å². The van der Waals surface area contributed by atoms with Crippen LogP contribution in [0.2, 0.25) is 5.02 Å². The van der Waals surface area contributed by atoms with Gasteiger partial charge in [0.2, 0.25) is 0 Å². The lowest BCUT2D eigenvalue weighted by atomic mass is 9.94. The fourth-order valence-corrected chi connectivity index (χ4v) is 2.78. The van der Waals surface area contributed by atoms with Gasteiger partial charge in [0, 0.05) is 19.5 Å². The number of aromatic nitrogens is 2. The first-order chi connectivity index (χ1) is 8.55. The Morgan fingerprint density at radius 2 is 2.17 bits per heavy atom. The Morgan fingerprint density at radius 1 is 1.50 bits per heavy atom. The van der Waals surface area contributed by atoms with E-state index >= 15 is 0 Å². The van der Waals surface area contributed by atoms with E-state index in [1.54, 1.807) is 0 Å². The standard InChI is InChI=1S/C13H21ClFN3/c1-3-10-12(14)11(18(4-2)17-10)7-13(15,8-16)9-5-6-9/h9H,3-8,16H2,1-2H3. The Balaban J connectivity index is 2.29. The van der Waals surface area contributed by atoms with Gasteiger partial charge in [0.05, 0.1) is 16.4 Å². The van der Waals surface area contributed by atoms with Crippen LogP contribution in [0.4, 0.5) is 4.39 Å². The van der Waals surface area contributed by atoms with E-state index in [0.717, 1.165) is 30.7 Å².